The molecule has 0 spiro atoms. The van der Waals surface area contributed by atoms with Gasteiger partial charge in [-0.1, -0.05) is 34.0 Å². The third kappa shape index (κ3) is 3.65. The first-order valence-corrected chi connectivity index (χ1v) is 9.25. The first kappa shape index (κ1) is 16.7. The summed E-state index contributed by atoms with van der Waals surface area (Å²) in [7, 11) is -3.44. The molecule has 0 radical (unpaired) electrons. The van der Waals surface area contributed by atoms with Crippen molar-refractivity contribution in [3.8, 4) is 11.5 Å². The van der Waals surface area contributed by atoms with Gasteiger partial charge in [-0.05, 0) is 31.5 Å². The Balaban J connectivity index is 1.77. The average Bonchev–Trinajstić information content (AvgIpc) is 3.07. The highest BCUT2D eigenvalue weighted by molar-refractivity contribution is 7.89. The number of sulfone groups is 1. The van der Waals surface area contributed by atoms with E-state index in [4.69, 9.17) is 20.6 Å². The molecule has 0 saturated carbocycles. The topological polar surface area (TPSA) is 99.1 Å². The van der Waals surface area contributed by atoms with Crippen LogP contribution in [0.15, 0.2) is 33.3 Å². The van der Waals surface area contributed by atoms with E-state index in [9.17, 15) is 8.42 Å². The minimum Gasteiger partial charge on any atom is -0.361 e. The molecule has 0 unspecified atom stereocenters. The summed E-state index contributed by atoms with van der Waals surface area (Å²) in [5.41, 5.74) is 1.84. The predicted octanol–water partition coefficient (Wildman–Crippen LogP) is 3.11. The number of hydrogen-bond donors (Lipinski definition) is 0. The lowest BCUT2D eigenvalue weighted by atomic mass is 10.2. The van der Waals surface area contributed by atoms with E-state index in [1.54, 1.807) is 38.1 Å². The highest BCUT2D eigenvalue weighted by Gasteiger charge is 2.21. The molecule has 9 heteroatoms. The zero-order chi connectivity index (χ0) is 17.3. The van der Waals surface area contributed by atoms with E-state index >= 15 is 0 Å². The van der Waals surface area contributed by atoms with Gasteiger partial charge in [-0.3, -0.25) is 0 Å². The van der Waals surface area contributed by atoms with Crippen LogP contribution in [0.3, 0.4) is 0 Å². The van der Waals surface area contributed by atoms with Crippen molar-refractivity contribution in [2.75, 3.05) is 0 Å². The Kier molecular flexibility index (Phi) is 4.42. The van der Waals surface area contributed by atoms with Crippen LogP contribution < -0.4 is 0 Å². The summed E-state index contributed by atoms with van der Waals surface area (Å²) in [6.45, 7) is 3.46. The van der Waals surface area contributed by atoms with Crippen molar-refractivity contribution in [2.45, 2.75) is 25.4 Å². The molecule has 126 valence electrons. The number of aryl methyl sites for hydroxylation is 2. The van der Waals surface area contributed by atoms with E-state index in [1.807, 2.05) is 0 Å². The van der Waals surface area contributed by atoms with Gasteiger partial charge >= 0.3 is 0 Å². The number of rotatable bonds is 5. The molecule has 1 aromatic carbocycles. The zero-order valence-electron chi connectivity index (χ0n) is 13.0. The molecule has 0 aliphatic heterocycles. The maximum atomic E-state index is 12.3. The van der Waals surface area contributed by atoms with Crippen LogP contribution in [0.4, 0.5) is 0 Å². The lowest BCUT2D eigenvalue weighted by molar-refractivity contribution is 0.392. The lowest BCUT2D eigenvalue weighted by Gasteiger charge is -2.02. The van der Waals surface area contributed by atoms with Crippen LogP contribution in [0.1, 0.15) is 22.8 Å². The lowest BCUT2D eigenvalue weighted by Crippen LogP contribution is -2.08. The van der Waals surface area contributed by atoms with E-state index in [2.05, 4.69) is 15.3 Å². The monoisotopic (exact) mass is 367 g/mol. The Hall–Kier alpha value is -2.19. The van der Waals surface area contributed by atoms with E-state index in [-0.39, 0.29) is 23.2 Å². The van der Waals surface area contributed by atoms with Crippen molar-refractivity contribution in [3.63, 3.8) is 0 Å². The maximum Gasteiger partial charge on any atom is 0.263 e. The Morgan fingerprint density at radius 2 is 1.75 bits per heavy atom. The third-order valence-electron chi connectivity index (χ3n) is 3.36. The molecule has 0 amide bonds. The van der Waals surface area contributed by atoms with Crippen molar-refractivity contribution in [3.05, 3.63) is 52.1 Å². The van der Waals surface area contributed by atoms with E-state index in [0.717, 1.165) is 0 Å². The molecule has 0 saturated heterocycles. The molecule has 0 aliphatic rings. The van der Waals surface area contributed by atoms with Crippen molar-refractivity contribution in [2.24, 2.45) is 0 Å². The largest absolute Gasteiger partial charge is 0.361 e. The summed E-state index contributed by atoms with van der Waals surface area (Å²) in [6.07, 6.45) is 0. The molecule has 0 bridgehead atoms. The highest BCUT2D eigenvalue weighted by Crippen LogP contribution is 2.25. The van der Waals surface area contributed by atoms with Crippen LogP contribution in [0.25, 0.3) is 11.5 Å². The molecule has 2 heterocycles. The Labute approximate surface area is 143 Å². The highest BCUT2D eigenvalue weighted by atomic mass is 35.5. The quantitative estimate of drug-likeness (QED) is 0.683. The fraction of sp³-hybridized carbons (Fsp3) is 0.267. The van der Waals surface area contributed by atoms with Crippen LogP contribution in [-0.2, 0) is 21.3 Å². The molecule has 3 aromatic rings. The van der Waals surface area contributed by atoms with Gasteiger partial charge in [-0.15, -0.1) is 0 Å². The second-order valence-electron chi connectivity index (χ2n) is 5.37. The fourth-order valence-corrected chi connectivity index (χ4v) is 3.72. The summed E-state index contributed by atoms with van der Waals surface area (Å²) in [4.78, 5) is 4.14. The SMILES string of the molecule is Cc1noc(C)c1-c1nc(CS(=O)(=O)Cc2ccc(Cl)cc2)no1. The molecule has 7 nitrogen and oxygen atoms in total. The van der Waals surface area contributed by atoms with Gasteiger partial charge in [-0.2, -0.15) is 4.98 Å². The van der Waals surface area contributed by atoms with Crippen molar-refractivity contribution < 1.29 is 17.5 Å². The summed E-state index contributed by atoms with van der Waals surface area (Å²) >= 11 is 5.80. The van der Waals surface area contributed by atoms with E-state index < -0.39 is 9.84 Å². The molecule has 2 aromatic heterocycles. The molecule has 0 fully saturated rings. The molecule has 3 rings (SSSR count). The van der Waals surface area contributed by atoms with Gasteiger partial charge in [0.05, 0.1) is 11.4 Å². The van der Waals surface area contributed by atoms with Crippen molar-refractivity contribution in [1.82, 2.24) is 15.3 Å². The van der Waals surface area contributed by atoms with Crippen LogP contribution in [0.5, 0.6) is 0 Å². The van der Waals surface area contributed by atoms with E-state index in [1.165, 1.54) is 0 Å². The Bertz CT molecular complexity index is 942. The average molecular weight is 368 g/mol. The number of nitrogens with zero attached hydrogens (tertiary/aromatic N) is 3. The van der Waals surface area contributed by atoms with Gasteiger partial charge in [0.1, 0.15) is 17.1 Å². The normalized spacial score (nSPS) is 11.8. The van der Waals surface area contributed by atoms with Crippen LogP contribution in [0, 0.1) is 13.8 Å². The van der Waals surface area contributed by atoms with Gasteiger partial charge in [-0.25, -0.2) is 8.42 Å². The second kappa shape index (κ2) is 6.37. The number of benzene rings is 1. The first-order valence-electron chi connectivity index (χ1n) is 7.05. The summed E-state index contributed by atoms with van der Waals surface area (Å²) in [6, 6.07) is 6.64. The maximum absolute atomic E-state index is 12.3. The second-order valence-corrected chi connectivity index (χ2v) is 7.87. The smallest absolute Gasteiger partial charge is 0.263 e. The first-order chi connectivity index (χ1) is 11.3. The van der Waals surface area contributed by atoms with Crippen molar-refractivity contribution in [1.29, 1.82) is 0 Å². The van der Waals surface area contributed by atoms with Gasteiger partial charge in [0.25, 0.3) is 5.89 Å². The molecule has 0 aliphatic carbocycles. The predicted molar refractivity (Wildman–Crippen MR) is 87.0 cm³/mol. The standard InChI is InChI=1S/C15H14ClN3O4S/c1-9-14(10(2)22-18-9)15-17-13(19-23-15)8-24(20,21)7-11-3-5-12(16)6-4-11/h3-6H,7-8H2,1-2H3. The van der Waals surface area contributed by atoms with Crippen molar-refractivity contribution >= 4 is 21.4 Å². The van der Waals surface area contributed by atoms with Gasteiger partial charge in [0, 0.05) is 5.02 Å². The van der Waals surface area contributed by atoms with Crippen LogP contribution in [0.2, 0.25) is 5.02 Å². The summed E-state index contributed by atoms with van der Waals surface area (Å²) in [5, 5.41) is 8.10. The number of aromatic nitrogens is 3. The van der Waals surface area contributed by atoms with Gasteiger partial charge in [0.15, 0.2) is 15.7 Å². The van der Waals surface area contributed by atoms with E-state index in [0.29, 0.717) is 27.6 Å². The zero-order valence-corrected chi connectivity index (χ0v) is 14.6. The molecule has 0 N–H and O–H groups in total. The Morgan fingerprint density at radius 3 is 2.38 bits per heavy atom. The minimum absolute atomic E-state index is 0.0963. The number of hydrogen-bond acceptors (Lipinski definition) is 7. The molecule has 0 atom stereocenters. The number of halogens is 1. The molecule has 24 heavy (non-hydrogen) atoms. The summed E-state index contributed by atoms with van der Waals surface area (Å²) < 4.78 is 34.8. The van der Waals surface area contributed by atoms with Crippen LogP contribution >= 0.6 is 11.6 Å². The molecular formula is C15H14ClN3O4S. The fourth-order valence-electron chi connectivity index (χ4n) is 2.28. The van der Waals surface area contributed by atoms with Crippen LogP contribution in [-0.4, -0.2) is 23.7 Å². The van der Waals surface area contributed by atoms with Gasteiger partial charge in [0.2, 0.25) is 0 Å². The van der Waals surface area contributed by atoms with Gasteiger partial charge < -0.3 is 9.05 Å². The Morgan fingerprint density at radius 1 is 1.04 bits per heavy atom. The molecular weight excluding hydrogens is 354 g/mol. The third-order valence-corrected chi connectivity index (χ3v) is 5.09. The minimum atomic E-state index is -3.44. The summed E-state index contributed by atoms with van der Waals surface area (Å²) in [5.74, 6) is 0.385.